The van der Waals surface area contributed by atoms with Gasteiger partial charge in [-0.25, -0.2) is 0 Å². The highest BCUT2D eigenvalue weighted by molar-refractivity contribution is 8.00. The highest BCUT2D eigenvalue weighted by Crippen LogP contribution is 2.19. The molecule has 0 saturated carbocycles. The summed E-state index contributed by atoms with van der Waals surface area (Å²) in [4.78, 5) is 13.7. The maximum absolute atomic E-state index is 11.5. The first kappa shape index (κ1) is 10.9. The molecule has 0 radical (unpaired) electrons. The maximum Gasteiger partial charge on any atom is 0.320 e. The van der Waals surface area contributed by atoms with Crippen LogP contribution in [-0.4, -0.2) is 48.1 Å². The smallest absolute Gasteiger partial charge is 0.320 e. The van der Waals surface area contributed by atoms with Gasteiger partial charge in [-0.15, -0.1) is 11.8 Å². The summed E-state index contributed by atoms with van der Waals surface area (Å²) in [5.41, 5.74) is 0. The van der Waals surface area contributed by atoms with E-state index in [0.29, 0.717) is 0 Å². The van der Waals surface area contributed by atoms with Crippen molar-refractivity contribution in [3.63, 3.8) is 0 Å². The Morgan fingerprint density at radius 3 is 2.85 bits per heavy atom. The van der Waals surface area contributed by atoms with Crippen molar-refractivity contribution < 1.29 is 9.53 Å². The molecule has 1 unspecified atom stereocenters. The van der Waals surface area contributed by atoms with E-state index in [1.54, 1.807) is 11.8 Å². The van der Waals surface area contributed by atoms with Crippen LogP contribution >= 0.6 is 11.8 Å². The van der Waals surface area contributed by atoms with Crippen LogP contribution in [0.15, 0.2) is 0 Å². The zero-order valence-electron chi connectivity index (χ0n) is 8.45. The molecule has 13 heavy (non-hydrogen) atoms. The van der Waals surface area contributed by atoms with Crippen LogP contribution < -0.4 is 0 Å². The lowest BCUT2D eigenvalue weighted by Crippen LogP contribution is -2.40. The fourth-order valence-corrected chi connectivity index (χ4v) is 2.48. The van der Waals surface area contributed by atoms with Gasteiger partial charge in [0.05, 0.1) is 6.10 Å². The standard InChI is InChI=1S/C9H17NO2S/c1-7(2)12-9(11)8-6-10(3)4-5-13-8/h7-8H,4-6H2,1-3H3. The molecule has 0 N–H and O–H groups in total. The van der Waals surface area contributed by atoms with E-state index in [2.05, 4.69) is 4.90 Å². The Balaban J connectivity index is 2.37. The Bertz CT molecular complexity index is 184. The summed E-state index contributed by atoms with van der Waals surface area (Å²) in [6, 6.07) is 0. The second-order valence-electron chi connectivity index (χ2n) is 3.61. The summed E-state index contributed by atoms with van der Waals surface area (Å²) < 4.78 is 5.15. The van der Waals surface area contributed by atoms with Crippen molar-refractivity contribution in [1.29, 1.82) is 0 Å². The quantitative estimate of drug-likeness (QED) is 0.626. The zero-order valence-corrected chi connectivity index (χ0v) is 9.26. The number of ether oxygens (including phenoxy) is 1. The first-order chi connectivity index (χ1) is 6.09. The number of hydrogen-bond acceptors (Lipinski definition) is 4. The van der Waals surface area contributed by atoms with Crippen LogP contribution in [0.2, 0.25) is 0 Å². The monoisotopic (exact) mass is 203 g/mol. The fourth-order valence-electron chi connectivity index (χ4n) is 1.23. The average Bonchev–Trinajstić information content (AvgIpc) is 2.03. The molecule has 76 valence electrons. The Kier molecular flexibility index (Phi) is 4.06. The van der Waals surface area contributed by atoms with Crippen molar-refractivity contribution in [3.05, 3.63) is 0 Å². The minimum atomic E-state index is -0.0634. The van der Waals surface area contributed by atoms with Crippen LogP contribution in [-0.2, 0) is 9.53 Å². The molecule has 1 aliphatic rings. The van der Waals surface area contributed by atoms with Gasteiger partial charge in [-0.1, -0.05) is 0 Å². The van der Waals surface area contributed by atoms with E-state index >= 15 is 0 Å². The molecule has 0 aliphatic carbocycles. The molecule has 1 aliphatic heterocycles. The number of thioether (sulfide) groups is 1. The number of hydrogen-bond donors (Lipinski definition) is 0. The van der Waals surface area contributed by atoms with Gasteiger partial charge in [0.15, 0.2) is 0 Å². The summed E-state index contributed by atoms with van der Waals surface area (Å²) in [6.07, 6.45) is 0.000308. The van der Waals surface area contributed by atoms with E-state index < -0.39 is 0 Å². The van der Waals surface area contributed by atoms with Crippen LogP contribution in [0, 0.1) is 0 Å². The van der Waals surface area contributed by atoms with Gasteiger partial charge in [-0.05, 0) is 20.9 Å². The number of rotatable bonds is 2. The molecule has 1 saturated heterocycles. The van der Waals surface area contributed by atoms with Gasteiger partial charge in [0.2, 0.25) is 0 Å². The summed E-state index contributed by atoms with van der Waals surface area (Å²) in [5.74, 6) is 0.959. The lowest BCUT2D eigenvalue weighted by Gasteiger charge is -2.28. The molecule has 0 amide bonds. The molecule has 0 spiro atoms. The molecule has 1 fully saturated rings. The van der Waals surface area contributed by atoms with Gasteiger partial charge < -0.3 is 9.64 Å². The topological polar surface area (TPSA) is 29.5 Å². The van der Waals surface area contributed by atoms with Gasteiger partial charge in [0.25, 0.3) is 0 Å². The van der Waals surface area contributed by atoms with E-state index in [9.17, 15) is 4.79 Å². The molecule has 0 aromatic heterocycles. The summed E-state index contributed by atoms with van der Waals surface area (Å²) >= 11 is 1.70. The molecule has 1 rings (SSSR count). The second-order valence-corrected chi connectivity index (χ2v) is 4.92. The Hall–Kier alpha value is -0.220. The summed E-state index contributed by atoms with van der Waals surface area (Å²) in [7, 11) is 2.04. The van der Waals surface area contributed by atoms with Gasteiger partial charge in [0.1, 0.15) is 5.25 Å². The third kappa shape index (κ3) is 3.56. The first-order valence-electron chi connectivity index (χ1n) is 4.60. The highest BCUT2D eigenvalue weighted by atomic mass is 32.2. The van der Waals surface area contributed by atoms with Gasteiger partial charge >= 0.3 is 5.97 Å². The van der Waals surface area contributed by atoms with Gasteiger partial charge in [-0.3, -0.25) is 4.79 Å². The van der Waals surface area contributed by atoms with E-state index in [1.807, 2.05) is 20.9 Å². The normalized spacial score (nSPS) is 24.8. The largest absolute Gasteiger partial charge is 0.462 e. The summed E-state index contributed by atoms with van der Waals surface area (Å²) in [6.45, 7) is 5.65. The molecule has 1 atom stereocenters. The van der Waals surface area contributed by atoms with Crippen LogP contribution in [0.1, 0.15) is 13.8 Å². The van der Waals surface area contributed by atoms with E-state index in [4.69, 9.17) is 4.74 Å². The zero-order chi connectivity index (χ0) is 9.84. The van der Waals surface area contributed by atoms with Crippen molar-refractivity contribution in [1.82, 2.24) is 4.90 Å². The molecule has 0 aromatic rings. The molecule has 0 bridgehead atoms. The lowest BCUT2D eigenvalue weighted by molar-refractivity contribution is -0.147. The Morgan fingerprint density at radius 1 is 1.62 bits per heavy atom. The number of carbonyl (C=O) groups excluding carboxylic acids is 1. The van der Waals surface area contributed by atoms with Crippen molar-refractivity contribution in [3.8, 4) is 0 Å². The van der Waals surface area contributed by atoms with Crippen LogP contribution in [0.25, 0.3) is 0 Å². The highest BCUT2D eigenvalue weighted by Gasteiger charge is 2.26. The minimum absolute atomic E-state index is 0.000308. The van der Waals surface area contributed by atoms with Gasteiger partial charge in [-0.2, -0.15) is 0 Å². The minimum Gasteiger partial charge on any atom is -0.462 e. The predicted molar refractivity (Wildman–Crippen MR) is 55.0 cm³/mol. The van der Waals surface area contributed by atoms with Gasteiger partial charge in [0, 0.05) is 18.8 Å². The molecule has 3 nitrogen and oxygen atoms in total. The Morgan fingerprint density at radius 2 is 2.31 bits per heavy atom. The molecule has 4 heteroatoms. The maximum atomic E-state index is 11.5. The molecule has 0 aromatic carbocycles. The third-order valence-electron chi connectivity index (χ3n) is 1.88. The van der Waals surface area contributed by atoms with Crippen LogP contribution in [0.5, 0.6) is 0 Å². The number of esters is 1. The fraction of sp³-hybridized carbons (Fsp3) is 0.889. The second kappa shape index (κ2) is 4.86. The van der Waals surface area contributed by atoms with Crippen molar-refractivity contribution in [2.45, 2.75) is 25.2 Å². The van der Waals surface area contributed by atoms with E-state index in [0.717, 1.165) is 18.8 Å². The predicted octanol–water partition coefficient (Wildman–Crippen LogP) is 0.985. The number of nitrogens with zero attached hydrogens (tertiary/aromatic N) is 1. The molecular weight excluding hydrogens is 186 g/mol. The SMILES string of the molecule is CC(C)OC(=O)C1CN(C)CCS1. The number of carbonyl (C=O) groups is 1. The Labute approximate surface area is 83.8 Å². The van der Waals surface area contributed by atoms with E-state index in [-0.39, 0.29) is 17.3 Å². The van der Waals surface area contributed by atoms with E-state index in [1.165, 1.54) is 0 Å². The summed E-state index contributed by atoms with van der Waals surface area (Å²) in [5, 5.41) is 0.0150. The first-order valence-corrected chi connectivity index (χ1v) is 5.65. The lowest BCUT2D eigenvalue weighted by atomic mass is 10.3. The average molecular weight is 203 g/mol. The molecular formula is C9H17NO2S. The van der Waals surface area contributed by atoms with Crippen molar-refractivity contribution >= 4 is 17.7 Å². The molecule has 1 heterocycles. The third-order valence-corrected chi connectivity index (χ3v) is 3.05. The van der Waals surface area contributed by atoms with Crippen molar-refractivity contribution in [2.24, 2.45) is 0 Å². The van der Waals surface area contributed by atoms with Crippen molar-refractivity contribution in [2.75, 3.05) is 25.9 Å². The van der Waals surface area contributed by atoms with Crippen LogP contribution in [0.4, 0.5) is 0 Å². The van der Waals surface area contributed by atoms with Crippen LogP contribution in [0.3, 0.4) is 0 Å².